The van der Waals surface area contributed by atoms with Crippen LogP contribution in [-0.4, -0.2) is 36.7 Å². The highest BCUT2D eigenvalue weighted by atomic mass is 16.5. The Hall–Kier alpha value is -0.900. The van der Waals surface area contributed by atoms with Crippen LogP contribution in [0.15, 0.2) is 30.3 Å². The lowest BCUT2D eigenvalue weighted by molar-refractivity contribution is -0.0426. The standard InChI is InChI=1S/C14H20N2O/c15-13-8-12(13)14-10-16(6-7-17-14)9-11-4-2-1-3-5-11/h1-5,12-14H,6-10,15H2/t12-,13-,14?/m1/s1. The molecule has 17 heavy (non-hydrogen) atoms. The Bertz CT molecular complexity index is 368. The molecule has 1 aliphatic carbocycles. The molecule has 3 atom stereocenters. The van der Waals surface area contributed by atoms with E-state index in [0.717, 1.165) is 32.7 Å². The van der Waals surface area contributed by atoms with Gasteiger partial charge in [0.15, 0.2) is 0 Å². The van der Waals surface area contributed by atoms with Crippen LogP contribution >= 0.6 is 0 Å². The smallest absolute Gasteiger partial charge is 0.0746 e. The molecule has 0 radical (unpaired) electrons. The number of morpholine rings is 1. The second kappa shape index (κ2) is 4.77. The third-order valence-electron chi connectivity index (χ3n) is 3.80. The largest absolute Gasteiger partial charge is 0.375 e. The van der Waals surface area contributed by atoms with Crippen molar-refractivity contribution in [1.82, 2.24) is 4.90 Å². The normalized spacial score (nSPS) is 33.6. The molecule has 1 aromatic rings. The maximum Gasteiger partial charge on any atom is 0.0746 e. The first-order chi connectivity index (χ1) is 8.33. The van der Waals surface area contributed by atoms with E-state index >= 15 is 0 Å². The average Bonchev–Trinajstić information content (AvgIpc) is 3.08. The Kier molecular flexibility index (Phi) is 3.14. The van der Waals surface area contributed by atoms with Crippen LogP contribution in [0.25, 0.3) is 0 Å². The van der Waals surface area contributed by atoms with Crippen LogP contribution in [0.2, 0.25) is 0 Å². The number of ether oxygens (including phenoxy) is 1. The minimum atomic E-state index is 0.363. The summed E-state index contributed by atoms with van der Waals surface area (Å²) in [5, 5.41) is 0. The van der Waals surface area contributed by atoms with Gasteiger partial charge in [-0.05, 0) is 12.0 Å². The quantitative estimate of drug-likeness (QED) is 0.852. The predicted molar refractivity (Wildman–Crippen MR) is 67.5 cm³/mol. The molecule has 1 unspecified atom stereocenters. The predicted octanol–water partition coefficient (Wildman–Crippen LogP) is 1.23. The van der Waals surface area contributed by atoms with Crippen molar-refractivity contribution in [3.05, 3.63) is 35.9 Å². The fraction of sp³-hybridized carbons (Fsp3) is 0.571. The minimum absolute atomic E-state index is 0.363. The van der Waals surface area contributed by atoms with Crippen molar-refractivity contribution >= 4 is 0 Å². The SMILES string of the molecule is N[C@@H]1C[C@H]1C1CN(Cc2ccccc2)CCO1. The number of rotatable bonds is 3. The van der Waals surface area contributed by atoms with Crippen LogP contribution < -0.4 is 5.73 Å². The second-order valence-electron chi connectivity index (χ2n) is 5.19. The summed E-state index contributed by atoms with van der Waals surface area (Å²) in [5.41, 5.74) is 7.28. The van der Waals surface area contributed by atoms with Crippen molar-refractivity contribution in [2.45, 2.75) is 25.1 Å². The Labute approximate surface area is 103 Å². The van der Waals surface area contributed by atoms with Crippen LogP contribution in [-0.2, 0) is 11.3 Å². The topological polar surface area (TPSA) is 38.5 Å². The van der Waals surface area contributed by atoms with E-state index in [1.54, 1.807) is 0 Å². The highest BCUT2D eigenvalue weighted by Crippen LogP contribution is 2.34. The minimum Gasteiger partial charge on any atom is -0.375 e. The van der Waals surface area contributed by atoms with Crippen molar-refractivity contribution in [2.24, 2.45) is 11.7 Å². The molecule has 1 heterocycles. The summed E-state index contributed by atoms with van der Waals surface area (Å²) < 4.78 is 5.82. The Balaban J connectivity index is 1.57. The Morgan fingerprint density at radius 3 is 2.76 bits per heavy atom. The molecule has 1 saturated heterocycles. The van der Waals surface area contributed by atoms with E-state index in [4.69, 9.17) is 10.5 Å². The van der Waals surface area contributed by atoms with E-state index in [2.05, 4.69) is 35.2 Å². The van der Waals surface area contributed by atoms with Gasteiger partial charge in [0.05, 0.1) is 12.7 Å². The van der Waals surface area contributed by atoms with Crippen molar-refractivity contribution in [3.8, 4) is 0 Å². The average molecular weight is 232 g/mol. The van der Waals surface area contributed by atoms with Gasteiger partial charge >= 0.3 is 0 Å². The zero-order valence-corrected chi connectivity index (χ0v) is 10.1. The molecule has 3 nitrogen and oxygen atoms in total. The van der Waals surface area contributed by atoms with E-state index in [1.165, 1.54) is 5.56 Å². The fourth-order valence-corrected chi connectivity index (χ4v) is 2.64. The maximum absolute atomic E-state index is 5.90. The van der Waals surface area contributed by atoms with E-state index in [1.807, 2.05) is 0 Å². The van der Waals surface area contributed by atoms with E-state index in [-0.39, 0.29) is 0 Å². The third-order valence-corrected chi connectivity index (χ3v) is 3.80. The number of nitrogens with zero attached hydrogens (tertiary/aromatic N) is 1. The third kappa shape index (κ3) is 2.68. The van der Waals surface area contributed by atoms with Crippen molar-refractivity contribution < 1.29 is 4.74 Å². The molecule has 2 fully saturated rings. The zero-order chi connectivity index (χ0) is 11.7. The zero-order valence-electron chi connectivity index (χ0n) is 10.1. The van der Waals surface area contributed by atoms with Gasteiger partial charge in [0.25, 0.3) is 0 Å². The number of benzene rings is 1. The molecule has 2 N–H and O–H groups in total. The van der Waals surface area contributed by atoms with Gasteiger partial charge in [0.1, 0.15) is 0 Å². The fourth-order valence-electron chi connectivity index (χ4n) is 2.64. The second-order valence-corrected chi connectivity index (χ2v) is 5.19. The molecule has 1 aromatic carbocycles. The molecule has 0 bridgehead atoms. The van der Waals surface area contributed by atoms with Gasteiger partial charge in [0, 0.05) is 31.6 Å². The summed E-state index contributed by atoms with van der Waals surface area (Å²) in [6, 6.07) is 11.0. The summed E-state index contributed by atoms with van der Waals surface area (Å²) in [5.74, 6) is 0.605. The molecular formula is C14H20N2O. The Morgan fingerprint density at radius 1 is 1.29 bits per heavy atom. The molecule has 3 rings (SSSR count). The van der Waals surface area contributed by atoms with E-state index < -0.39 is 0 Å². The van der Waals surface area contributed by atoms with Crippen molar-refractivity contribution in [3.63, 3.8) is 0 Å². The number of nitrogens with two attached hydrogens (primary N) is 1. The highest BCUT2D eigenvalue weighted by molar-refractivity contribution is 5.14. The van der Waals surface area contributed by atoms with Crippen LogP contribution in [0.3, 0.4) is 0 Å². The molecule has 1 saturated carbocycles. The summed E-state index contributed by atoms with van der Waals surface area (Å²) >= 11 is 0. The monoisotopic (exact) mass is 232 g/mol. The molecule has 0 aromatic heterocycles. The van der Waals surface area contributed by atoms with Gasteiger partial charge in [-0.2, -0.15) is 0 Å². The lowest BCUT2D eigenvalue weighted by atomic mass is 10.1. The summed E-state index contributed by atoms with van der Waals surface area (Å²) in [7, 11) is 0. The lowest BCUT2D eigenvalue weighted by Crippen LogP contribution is -2.43. The van der Waals surface area contributed by atoms with Crippen LogP contribution in [0, 0.1) is 5.92 Å². The number of hydrogen-bond donors (Lipinski definition) is 1. The Morgan fingerprint density at radius 2 is 2.06 bits per heavy atom. The molecule has 2 aliphatic rings. The summed E-state index contributed by atoms with van der Waals surface area (Å²) in [6.45, 7) is 3.95. The van der Waals surface area contributed by atoms with E-state index in [0.29, 0.717) is 18.1 Å². The van der Waals surface area contributed by atoms with Crippen molar-refractivity contribution in [2.75, 3.05) is 19.7 Å². The first kappa shape index (κ1) is 11.2. The molecule has 1 aliphatic heterocycles. The first-order valence-electron chi connectivity index (χ1n) is 6.46. The van der Waals surface area contributed by atoms with Gasteiger partial charge in [-0.15, -0.1) is 0 Å². The van der Waals surface area contributed by atoms with Gasteiger partial charge < -0.3 is 10.5 Å². The van der Waals surface area contributed by atoms with Crippen LogP contribution in [0.5, 0.6) is 0 Å². The molecule has 0 spiro atoms. The summed E-state index contributed by atoms with van der Waals surface area (Å²) in [4.78, 5) is 2.48. The molecule has 92 valence electrons. The maximum atomic E-state index is 5.90. The first-order valence-corrected chi connectivity index (χ1v) is 6.46. The molecular weight excluding hydrogens is 212 g/mol. The van der Waals surface area contributed by atoms with Gasteiger partial charge in [-0.1, -0.05) is 30.3 Å². The lowest BCUT2D eigenvalue weighted by Gasteiger charge is -2.33. The van der Waals surface area contributed by atoms with Gasteiger partial charge in [-0.25, -0.2) is 0 Å². The van der Waals surface area contributed by atoms with E-state index in [9.17, 15) is 0 Å². The number of hydrogen-bond acceptors (Lipinski definition) is 3. The van der Waals surface area contributed by atoms with Gasteiger partial charge in [0.2, 0.25) is 0 Å². The van der Waals surface area contributed by atoms with Crippen molar-refractivity contribution in [1.29, 1.82) is 0 Å². The molecule has 0 amide bonds. The summed E-state index contributed by atoms with van der Waals surface area (Å²) in [6.07, 6.45) is 1.51. The van der Waals surface area contributed by atoms with Gasteiger partial charge in [-0.3, -0.25) is 4.90 Å². The van der Waals surface area contributed by atoms with Crippen LogP contribution in [0.4, 0.5) is 0 Å². The highest BCUT2D eigenvalue weighted by Gasteiger charge is 2.42. The molecule has 3 heteroatoms. The van der Waals surface area contributed by atoms with Crippen LogP contribution in [0.1, 0.15) is 12.0 Å².